The van der Waals surface area contributed by atoms with E-state index in [-0.39, 0.29) is 6.04 Å². The highest BCUT2D eigenvalue weighted by molar-refractivity contribution is 7.91. The topological polar surface area (TPSA) is 73.0 Å². The van der Waals surface area contributed by atoms with Crippen molar-refractivity contribution in [3.63, 3.8) is 0 Å². The number of aromatic nitrogens is 1. The molecule has 1 aromatic rings. The maximum atomic E-state index is 11.3. The van der Waals surface area contributed by atoms with Crippen molar-refractivity contribution >= 4 is 21.2 Å². The lowest BCUT2D eigenvalue weighted by atomic mass is 9.99. The number of nitrogens with zero attached hydrogens (tertiary/aromatic N) is 1. The fraction of sp³-hybridized carbons (Fsp3) is 0.750. The Morgan fingerprint density at radius 2 is 2.17 bits per heavy atom. The molecule has 1 aliphatic heterocycles. The molecule has 1 atom stereocenters. The number of hydrogen-bond donors (Lipinski definition) is 1. The Balaban J connectivity index is 1.88. The second-order valence-electron chi connectivity index (χ2n) is 5.20. The van der Waals surface area contributed by atoms with Gasteiger partial charge in [-0.05, 0) is 32.1 Å². The van der Waals surface area contributed by atoms with Gasteiger partial charge in [-0.3, -0.25) is 0 Å². The summed E-state index contributed by atoms with van der Waals surface area (Å²) < 4.78 is 22.7. The zero-order valence-electron chi connectivity index (χ0n) is 10.6. The lowest BCUT2D eigenvalue weighted by molar-refractivity contribution is 0.462. The Labute approximate surface area is 113 Å². The zero-order chi connectivity index (χ0) is 13.2. The summed E-state index contributed by atoms with van der Waals surface area (Å²) in [6.45, 7) is 1.99. The van der Waals surface area contributed by atoms with Crippen molar-refractivity contribution in [2.24, 2.45) is 11.7 Å². The van der Waals surface area contributed by atoms with Crippen molar-refractivity contribution in [1.82, 2.24) is 4.98 Å². The second kappa shape index (κ2) is 5.67. The smallest absolute Gasteiger partial charge is 0.150 e. The highest BCUT2D eigenvalue weighted by atomic mass is 32.2. The van der Waals surface area contributed by atoms with Crippen molar-refractivity contribution in [2.75, 3.05) is 11.5 Å². The largest absolute Gasteiger partial charge is 0.328 e. The molecule has 102 valence electrons. The molecule has 1 fully saturated rings. The molecule has 0 spiro atoms. The van der Waals surface area contributed by atoms with Crippen molar-refractivity contribution in [3.05, 3.63) is 16.1 Å². The first kappa shape index (κ1) is 14.0. The molecule has 1 aliphatic rings. The average molecular weight is 288 g/mol. The molecular weight excluding hydrogens is 268 g/mol. The molecule has 1 saturated heterocycles. The SMILES string of the molecule is CC(N)Cc1cnc(CC2CCS(=O)(=O)CC2)s1. The van der Waals surface area contributed by atoms with Gasteiger partial charge >= 0.3 is 0 Å². The van der Waals surface area contributed by atoms with Gasteiger partial charge in [-0.25, -0.2) is 13.4 Å². The number of nitrogens with two attached hydrogens (primary N) is 1. The molecule has 0 aliphatic carbocycles. The van der Waals surface area contributed by atoms with Gasteiger partial charge in [0.2, 0.25) is 0 Å². The normalized spacial score (nSPS) is 21.9. The van der Waals surface area contributed by atoms with E-state index in [0.29, 0.717) is 17.4 Å². The molecule has 0 amide bonds. The monoisotopic (exact) mass is 288 g/mol. The van der Waals surface area contributed by atoms with Crippen LogP contribution in [0.4, 0.5) is 0 Å². The molecule has 2 N–H and O–H groups in total. The quantitative estimate of drug-likeness (QED) is 0.909. The third-order valence-corrected chi connectivity index (χ3v) is 6.02. The Morgan fingerprint density at radius 3 is 2.78 bits per heavy atom. The van der Waals surface area contributed by atoms with Crippen LogP contribution in [-0.4, -0.2) is 30.9 Å². The number of rotatable bonds is 4. The van der Waals surface area contributed by atoms with E-state index in [1.54, 1.807) is 11.3 Å². The van der Waals surface area contributed by atoms with E-state index < -0.39 is 9.84 Å². The Morgan fingerprint density at radius 1 is 1.50 bits per heavy atom. The molecule has 6 heteroatoms. The van der Waals surface area contributed by atoms with E-state index in [4.69, 9.17) is 5.73 Å². The van der Waals surface area contributed by atoms with Crippen LogP contribution in [0.15, 0.2) is 6.20 Å². The highest BCUT2D eigenvalue weighted by Gasteiger charge is 2.24. The molecule has 2 rings (SSSR count). The van der Waals surface area contributed by atoms with Gasteiger partial charge < -0.3 is 5.73 Å². The van der Waals surface area contributed by atoms with E-state index in [9.17, 15) is 8.42 Å². The van der Waals surface area contributed by atoms with Crippen LogP contribution in [0.1, 0.15) is 29.7 Å². The second-order valence-corrected chi connectivity index (χ2v) is 8.70. The van der Waals surface area contributed by atoms with Crippen LogP contribution in [0.25, 0.3) is 0 Å². The predicted molar refractivity (Wildman–Crippen MR) is 74.5 cm³/mol. The van der Waals surface area contributed by atoms with Crippen LogP contribution >= 0.6 is 11.3 Å². The summed E-state index contributed by atoms with van der Waals surface area (Å²) in [5.74, 6) is 1.16. The maximum absolute atomic E-state index is 11.3. The minimum Gasteiger partial charge on any atom is -0.328 e. The third-order valence-electron chi connectivity index (χ3n) is 3.26. The van der Waals surface area contributed by atoms with E-state index >= 15 is 0 Å². The summed E-state index contributed by atoms with van der Waals surface area (Å²) in [7, 11) is -2.75. The molecule has 1 unspecified atom stereocenters. The fourth-order valence-electron chi connectivity index (χ4n) is 2.24. The van der Waals surface area contributed by atoms with E-state index in [1.165, 1.54) is 4.88 Å². The van der Waals surface area contributed by atoms with Gasteiger partial charge in [-0.2, -0.15) is 0 Å². The summed E-state index contributed by atoms with van der Waals surface area (Å²) in [6, 6.07) is 0.165. The molecule has 18 heavy (non-hydrogen) atoms. The zero-order valence-corrected chi connectivity index (χ0v) is 12.3. The van der Waals surface area contributed by atoms with Crippen LogP contribution in [0.2, 0.25) is 0 Å². The molecule has 0 bridgehead atoms. The maximum Gasteiger partial charge on any atom is 0.150 e. The van der Waals surface area contributed by atoms with Crippen LogP contribution in [-0.2, 0) is 22.7 Å². The molecule has 0 aromatic carbocycles. The van der Waals surface area contributed by atoms with E-state index in [1.807, 2.05) is 13.1 Å². The van der Waals surface area contributed by atoms with Gasteiger partial charge in [0, 0.05) is 23.5 Å². The van der Waals surface area contributed by atoms with Crippen LogP contribution in [0.3, 0.4) is 0 Å². The summed E-state index contributed by atoms with van der Waals surface area (Å²) in [5, 5.41) is 1.12. The molecular formula is C12H20N2O2S2. The summed E-state index contributed by atoms with van der Waals surface area (Å²) >= 11 is 1.71. The standard InChI is InChI=1S/C12H20N2O2S2/c1-9(13)6-11-8-14-12(17-11)7-10-2-4-18(15,16)5-3-10/h8-10H,2-7,13H2,1H3. The lowest BCUT2D eigenvalue weighted by Gasteiger charge is -2.20. The van der Waals surface area contributed by atoms with Crippen molar-refractivity contribution in [3.8, 4) is 0 Å². The van der Waals surface area contributed by atoms with Gasteiger partial charge in [0.25, 0.3) is 0 Å². The van der Waals surface area contributed by atoms with Crippen LogP contribution in [0.5, 0.6) is 0 Å². The van der Waals surface area contributed by atoms with Gasteiger partial charge in [0.15, 0.2) is 0 Å². The Hall–Kier alpha value is -0.460. The summed E-state index contributed by atoms with van der Waals surface area (Å²) in [6.07, 6.45) is 5.26. The summed E-state index contributed by atoms with van der Waals surface area (Å²) in [4.78, 5) is 5.64. The summed E-state index contributed by atoms with van der Waals surface area (Å²) in [5.41, 5.74) is 5.76. The van der Waals surface area contributed by atoms with Gasteiger partial charge in [0.1, 0.15) is 9.84 Å². The van der Waals surface area contributed by atoms with E-state index in [0.717, 1.165) is 30.7 Å². The lowest BCUT2D eigenvalue weighted by Crippen LogP contribution is -2.24. The minimum atomic E-state index is -2.75. The Kier molecular flexibility index (Phi) is 4.40. The molecule has 4 nitrogen and oxygen atoms in total. The first-order valence-electron chi connectivity index (χ1n) is 6.34. The highest BCUT2D eigenvalue weighted by Crippen LogP contribution is 2.25. The Bertz CT molecular complexity index is 480. The minimum absolute atomic E-state index is 0.165. The van der Waals surface area contributed by atoms with Gasteiger partial charge in [0.05, 0.1) is 16.5 Å². The number of hydrogen-bond acceptors (Lipinski definition) is 5. The average Bonchev–Trinajstić information content (AvgIpc) is 2.68. The first-order valence-corrected chi connectivity index (χ1v) is 8.98. The van der Waals surface area contributed by atoms with E-state index in [2.05, 4.69) is 4.98 Å². The molecule has 2 heterocycles. The van der Waals surface area contributed by atoms with Gasteiger partial charge in [-0.1, -0.05) is 0 Å². The first-order chi connectivity index (χ1) is 8.44. The van der Waals surface area contributed by atoms with Crippen molar-refractivity contribution in [2.45, 2.75) is 38.6 Å². The number of thiazole rings is 1. The van der Waals surface area contributed by atoms with Gasteiger partial charge in [-0.15, -0.1) is 11.3 Å². The molecule has 1 aromatic heterocycles. The van der Waals surface area contributed by atoms with Crippen LogP contribution < -0.4 is 5.73 Å². The molecule has 0 saturated carbocycles. The third kappa shape index (κ3) is 4.03. The van der Waals surface area contributed by atoms with Crippen LogP contribution in [0, 0.1) is 5.92 Å². The fourth-order valence-corrected chi connectivity index (χ4v) is 5.01. The number of sulfone groups is 1. The molecule has 0 radical (unpaired) electrons. The van der Waals surface area contributed by atoms with Crippen molar-refractivity contribution < 1.29 is 8.42 Å². The predicted octanol–water partition coefficient (Wildman–Crippen LogP) is 1.40. The van der Waals surface area contributed by atoms with Crippen molar-refractivity contribution in [1.29, 1.82) is 0 Å².